The molecule has 1 amide bonds. The Labute approximate surface area is 185 Å². The molecule has 3 aromatic rings. The lowest BCUT2D eigenvalue weighted by Crippen LogP contribution is -2.41. The van der Waals surface area contributed by atoms with Gasteiger partial charge in [-0.05, 0) is 55.5 Å². The number of carbonyl (C=O) groups excluding carboxylic acids is 1. The monoisotopic (exact) mass is 443 g/mol. The molecule has 7 heteroatoms. The van der Waals surface area contributed by atoms with Crippen LogP contribution in [0.25, 0.3) is 10.2 Å². The van der Waals surface area contributed by atoms with Crippen LogP contribution >= 0.6 is 22.9 Å². The summed E-state index contributed by atoms with van der Waals surface area (Å²) in [5.41, 5.74) is 2.04. The Kier molecular flexibility index (Phi) is 6.87. The van der Waals surface area contributed by atoms with Gasteiger partial charge in [0.05, 0.1) is 10.2 Å². The quantitative estimate of drug-likeness (QED) is 0.558. The van der Waals surface area contributed by atoms with Gasteiger partial charge in [0.15, 0.2) is 0 Å². The predicted molar refractivity (Wildman–Crippen MR) is 123 cm³/mol. The standard InChI is InChI=1S/C23H26ClN3O2S/c24-19-6-7-21-20(14-19)27(23(29)30-21)16-22(28)26-12-9-17(10-13-26)8-11-25-15-18-4-2-1-3-5-18/h1-7,14,17,25H,8-13,15-16H2. The van der Waals surface area contributed by atoms with Gasteiger partial charge in [0, 0.05) is 24.7 Å². The van der Waals surface area contributed by atoms with Crippen LogP contribution in [0.5, 0.6) is 0 Å². The Bertz CT molecular complexity index is 1060. The van der Waals surface area contributed by atoms with E-state index >= 15 is 0 Å². The molecule has 0 aliphatic carbocycles. The van der Waals surface area contributed by atoms with Crippen molar-refractivity contribution in [2.24, 2.45) is 5.92 Å². The van der Waals surface area contributed by atoms with Gasteiger partial charge in [0.2, 0.25) is 5.91 Å². The molecule has 1 aliphatic heterocycles. The molecule has 1 fully saturated rings. The van der Waals surface area contributed by atoms with Crippen molar-refractivity contribution < 1.29 is 4.79 Å². The molecule has 1 aliphatic rings. The summed E-state index contributed by atoms with van der Waals surface area (Å²) in [7, 11) is 0. The third kappa shape index (κ3) is 5.12. The molecule has 2 aromatic carbocycles. The van der Waals surface area contributed by atoms with Crippen LogP contribution in [-0.4, -0.2) is 35.0 Å². The Morgan fingerprint density at radius 2 is 1.90 bits per heavy atom. The second-order valence-corrected chi connectivity index (χ2v) is 9.27. The van der Waals surface area contributed by atoms with E-state index < -0.39 is 0 Å². The Balaban J connectivity index is 1.24. The van der Waals surface area contributed by atoms with Crippen molar-refractivity contribution in [3.8, 4) is 0 Å². The maximum Gasteiger partial charge on any atom is 0.308 e. The minimum absolute atomic E-state index is 0.0115. The fourth-order valence-corrected chi connectivity index (χ4v) is 5.06. The molecule has 30 heavy (non-hydrogen) atoms. The number of thiazole rings is 1. The number of rotatable bonds is 7. The topological polar surface area (TPSA) is 54.3 Å². The molecule has 0 unspecified atom stereocenters. The lowest BCUT2D eigenvalue weighted by molar-refractivity contribution is -0.133. The third-order valence-electron chi connectivity index (χ3n) is 5.79. The Hall–Kier alpha value is -2.15. The van der Waals surface area contributed by atoms with Crippen LogP contribution in [0.15, 0.2) is 53.3 Å². The second kappa shape index (κ2) is 9.77. The second-order valence-electron chi connectivity index (χ2n) is 7.84. The number of piperidine rings is 1. The fraction of sp³-hybridized carbons (Fsp3) is 0.391. The van der Waals surface area contributed by atoms with Gasteiger partial charge in [-0.3, -0.25) is 14.2 Å². The first-order chi connectivity index (χ1) is 14.6. The van der Waals surface area contributed by atoms with Gasteiger partial charge < -0.3 is 10.2 Å². The van der Waals surface area contributed by atoms with Gasteiger partial charge in [-0.15, -0.1) is 0 Å². The molecule has 0 radical (unpaired) electrons. The minimum Gasteiger partial charge on any atom is -0.341 e. The van der Waals surface area contributed by atoms with Crippen molar-refractivity contribution in [3.05, 3.63) is 68.8 Å². The van der Waals surface area contributed by atoms with E-state index in [1.54, 1.807) is 16.7 Å². The first kappa shape index (κ1) is 21.1. The smallest absolute Gasteiger partial charge is 0.308 e. The lowest BCUT2D eigenvalue weighted by Gasteiger charge is -2.32. The summed E-state index contributed by atoms with van der Waals surface area (Å²) in [6, 6.07) is 15.8. The van der Waals surface area contributed by atoms with Gasteiger partial charge >= 0.3 is 4.87 Å². The molecule has 5 nitrogen and oxygen atoms in total. The van der Waals surface area contributed by atoms with E-state index in [-0.39, 0.29) is 17.3 Å². The van der Waals surface area contributed by atoms with Crippen molar-refractivity contribution in [1.29, 1.82) is 0 Å². The van der Waals surface area contributed by atoms with Crippen LogP contribution < -0.4 is 10.2 Å². The molecule has 1 saturated heterocycles. The van der Waals surface area contributed by atoms with E-state index in [4.69, 9.17) is 11.6 Å². The third-order valence-corrected chi connectivity index (χ3v) is 6.99. The number of nitrogens with one attached hydrogen (secondary N) is 1. The van der Waals surface area contributed by atoms with Crippen LogP contribution in [-0.2, 0) is 17.9 Å². The molecule has 0 bridgehead atoms. The summed E-state index contributed by atoms with van der Waals surface area (Å²) in [6.07, 6.45) is 3.16. The summed E-state index contributed by atoms with van der Waals surface area (Å²) in [5.74, 6) is 0.651. The number of fused-ring (bicyclic) bond motifs is 1. The van der Waals surface area contributed by atoms with Crippen LogP contribution in [0, 0.1) is 5.92 Å². The van der Waals surface area contributed by atoms with Crippen LogP contribution in [0.4, 0.5) is 0 Å². The zero-order chi connectivity index (χ0) is 20.9. The number of amides is 1. The van der Waals surface area contributed by atoms with E-state index in [0.717, 1.165) is 67.0 Å². The highest BCUT2D eigenvalue weighted by Crippen LogP contribution is 2.23. The minimum atomic E-state index is -0.111. The number of aromatic nitrogens is 1. The highest BCUT2D eigenvalue weighted by Gasteiger charge is 2.23. The van der Waals surface area contributed by atoms with Crippen molar-refractivity contribution in [1.82, 2.24) is 14.8 Å². The van der Waals surface area contributed by atoms with Crippen LogP contribution in [0.1, 0.15) is 24.8 Å². The van der Waals surface area contributed by atoms with Crippen molar-refractivity contribution in [2.45, 2.75) is 32.4 Å². The van der Waals surface area contributed by atoms with Crippen molar-refractivity contribution in [2.75, 3.05) is 19.6 Å². The molecule has 158 valence electrons. The van der Waals surface area contributed by atoms with Crippen molar-refractivity contribution >= 4 is 39.1 Å². The molecule has 1 N–H and O–H groups in total. The summed E-state index contributed by atoms with van der Waals surface area (Å²) in [6.45, 7) is 3.50. The van der Waals surface area contributed by atoms with E-state index in [0.29, 0.717) is 10.9 Å². The van der Waals surface area contributed by atoms with Crippen LogP contribution in [0.3, 0.4) is 0 Å². The molecule has 4 rings (SSSR count). The molecule has 2 heterocycles. The van der Waals surface area contributed by atoms with Gasteiger partial charge in [-0.1, -0.05) is 53.3 Å². The lowest BCUT2D eigenvalue weighted by atomic mass is 9.93. The molecular formula is C23H26ClN3O2S. The number of benzene rings is 2. The van der Waals surface area contributed by atoms with Gasteiger partial charge in [0.1, 0.15) is 6.54 Å². The molecular weight excluding hydrogens is 418 g/mol. The summed E-state index contributed by atoms with van der Waals surface area (Å²) in [5, 5.41) is 4.08. The fourth-order valence-electron chi connectivity index (χ4n) is 4.03. The van der Waals surface area contributed by atoms with E-state index in [9.17, 15) is 9.59 Å². The van der Waals surface area contributed by atoms with Gasteiger partial charge in [0.25, 0.3) is 0 Å². The number of halogens is 1. The Morgan fingerprint density at radius 3 is 2.67 bits per heavy atom. The van der Waals surface area contributed by atoms with Crippen LogP contribution in [0.2, 0.25) is 5.02 Å². The largest absolute Gasteiger partial charge is 0.341 e. The normalized spacial score (nSPS) is 15.0. The highest BCUT2D eigenvalue weighted by molar-refractivity contribution is 7.16. The van der Waals surface area contributed by atoms with E-state index in [2.05, 4.69) is 29.6 Å². The number of nitrogens with zero attached hydrogens (tertiary/aromatic N) is 2. The number of hydrogen-bond donors (Lipinski definition) is 1. The predicted octanol–water partition coefficient (Wildman–Crippen LogP) is 4.13. The SMILES string of the molecule is O=C(Cn1c(=O)sc2ccc(Cl)cc21)N1CCC(CCNCc2ccccc2)CC1. The summed E-state index contributed by atoms with van der Waals surface area (Å²) < 4.78 is 2.41. The molecule has 1 aromatic heterocycles. The van der Waals surface area contributed by atoms with E-state index in [1.807, 2.05) is 17.0 Å². The van der Waals surface area contributed by atoms with Crippen molar-refractivity contribution in [3.63, 3.8) is 0 Å². The zero-order valence-corrected chi connectivity index (χ0v) is 18.4. The average molecular weight is 444 g/mol. The zero-order valence-electron chi connectivity index (χ0n) is 16.9. The Morgan fingerprint density at radius 1 is 1.13 bits per heavy atom. The number of likely N-dealkylation sites (tertiary alicyclic amines) is 1. The molecule has 0 spiro atoms. The maximum absolute atomic E-state index is 12.8. The van der Waals surface area contributed by atoms with Gasteiger partial charge in [-0.25, -0.2) is 0 Å². The number of hydrogen-bond acceptors (Lipinski definition) is 4. The first-order valence-electron chi connectivity index (χ1n) is 10.4. The first-order valence-corrected chi connectivity index (χ1v) is 11.6. The molecule has 0 atom stereocenters. The highest BCUT2D eigenvalue weighted by atomic mass is 35.5. The average Bonchev–Trinajstić information content (AvgIpc) is 3.07. The number of carbonyl (C=O) groups is 1. The molecule has 0 saturated carbocycles. The van der Waals surface area contributed by atoms with E-state index in [1.165, 1.54) is 5.56 Å². The summed E-state index contributed by atoms with van der Waals surface area (Å²) in [4.78, 5) is 26.9. The maximum atomic E-state index is 12.8. The summed E-state index contributed by atoms with van der Waals surface area (Å²) >= 11 is 7.23. The van der Waals surface area contributed by atoms with Gasteiger partial charge in [-0.2, -0.15) is 0 Å².